The minimum atomic E-state index is -0.781. The van der Waals surface area contributed by atoms with Gasteiger partial charge in [0.25, 0.3) is 0 Å². The first-order chi connectivity index (χ1) is 14.8. The van der Waals surface area contributed by atoms with Gasteiger partial charge in [0.1, 0.15) is 5.82 Å². The molecule has 6 nitrogen and oxygen atoms in total. The number of nitrogens with two attached hydrogens (primary N) is 4. The fraction of sp³-hybridized carbons (Fsp3) is 0.500. The smallest absolute Gasteiger partial charge is 0.129 e. The van der Waals surface area contributed by atoms with E-state index in [1.54, 1.807) is 18.2 Å². The average molecular weight is 431 g/mol. The molecule has 172 valence electrons. The van der Waals surface area contributed by atoms with Crippen LogP contribution in [0.25, 0.3) is 0 Å². The van der Waals surface area contributed by atoms with E-state index in [1.807, 2.05) is 6.07 Å². The van der Waals surface area contributed by atoms with Crippen LogP contribution in [0.2, 0.25) is 0 Å². The van der Waals surface area contributed by atoms with Gasteiger partial charge in [-0.25, -0.2) is 4.39 Å². The molecule has 2 aliphatic rings. The van der Waals surface area contributed by atoms with Gasteiger partial charge >= 0.3 is 0 Å². The molecule has 3 rings (SSSR count). The zero-order valence-corrected chi connectivity index (χ0v) is 18.7. The largest absolute Gasteiger partial charge is 0.403 e. The fourth-order valence-corrected chi connectivity index (χ4v) is 3.90. The van der Waals surface area contributed by atoms with E-state index in [1.165, 1.54) is 25.5 Å². The number of likely N-dealkylation sites (tertiary alicyclic amines) is 1. The third-order valence-electron chi connectivity index (χ3n) is 5.93. The summed E-state index contributed by atoms with van der Waals surface area (Å²) in [7, 11) is 2.14. The summed E-state index contributed by atoms with van der Waals surface area (Å²) in [5, 5.41) is 3.59. The first-order valence-electron chi connectivity index (χ1n) is 11.0. The second-order valence-corrected chi connectivity index (χ2v) is 8.58. The Morgan fingerprint density at radius 3 is 2.48 bits per heavy atom. The summed E-state index contributed by atoms with van der Waals surface area (Å²) in [5.41, 5.74) is 24.5. The maximum atomic E-state index is 14.3. The van der Waals surface area contributed by atoms with Crippen LogP contribution >= 0.6 is 0 Å². The van der Waals surface area contributed by atoms with Crippen molar-refractivity contribution in [3.05, 3.63) is 72.0 Å². The summed E-state index contributed by atoms with van der Waals surface area (Å²) >= 11 is 0. The Hall–Kier alpha value is -2.35. The van der Waals surface area contributed by atoms with Crippen LogP contribution in [0.4, 0.5) is 4.39 Å². The van der Waals surface area contributed by atoms with E-state index in [4.69, 9.17) is 22.9 Å². The molecule has 1 saturated carbocycles. The molecule has 9 N–H and O–H groups in total. The van der Waals surface area contributed by atoms with Gasteiger partial charge in [-0.15, -0.1) is 6.58 Å². The highest BCUT2D eigenvalue weighted by Crippen LogP contribution is 2.38. The lowest BCUT2D eigenvalue weighted by molar-refractivity contribution is 0.325. The first kappa shape index (κ1) is 24.9. The summed E-state index contributed by atoms with van der Waals surface area (Å²) in [5.74, 6) is 0.407. The molecule has 1 aliphatic heterocycles. The highest BCUT2D eigenvalue weighted by Gasteiger charge is 2.30. The van der Waals surface area contributed by atoms with Crippen LogP contribution in [0, 0.1) is 11.7 Å². The van der Waals surface area contributed by atoms with Crippen molar-refractivity contribution in [2.75, 3.05) is 13.6 Å². The van der Waals surface area contributed by atoms with Crippen molar-refractivity contribution < 1.29 is 4.39 Å². The molecule has 2 fully saturated rings. The molecule has 0 bridgehead atoms. The minimum Gasteiger partial charge on any atom is -0.403 e. The van der Waals surface area contributed by atoms with Crippen molar-refractivity contribution in [3.63, 3.8) is 0 Å². The molecule has 2 atom stereocenters. The van der Waals surface area contributed by atoms with Crippen molar-refractivity contribution in [1.29, 1.82) is 0 Å². The van der Waals surface area contributed by atoms with Crippen molar-refractivity contribution in [2.24, 2.45) is 28.9 Å². The highest BCUT2D eigenvalue weighted by molar-refractivity contribution is 5.29. The molecule has 1 saturated heterocycles. The van der Waals surface area contributed by atoms with Crippen LogP contribution < -0.4 is 28.3 Å². The lowest BCUT2D eigenvalue weighted by Crippen LogP contribution is -2.34. The zero-order chi connectivity index (χ0) is 23.0. The van der Waals surface area contributed by atoms with Crippen molar-refractivity contribution in [2.45, 2.75) is 56.8 Å². The monoisotopic (exact) mass is 430 g/mol. The molecule has 0 radical (unpaired) electrons. The zero-order valence-electron chi connectivity index (χ0n) is 18.7. The molecule has 0 amide bonds. The number of hydrogen-bond acceptors (Lipinski definition) is 6. The van der Waals surface area contributed by atoms with Crippen LogP contribution in [0.5, 0.6) is 0 Å². The highest BCUT2D eigenvalue weighted by atomic mass is 19.1. The van der Waals surface area contributed by atoms with Crippen molar-refractivity contribution >= 4 is 0 Å². The van der Waals surface area contributed by atoms with Gasteiger partial charge in [-0.1, -0.05) is 37.6 Å². The average Bonchev–Trinajstić information content (AvgIpc) is 3.44. The number of nitrogens with zero attached hydrogens (tertiary/aromatic N) is 1. The summed E-state index contributed by atoms with van der Waals surface area (Å²) in [6, 6.07) is 5.69. The van der Waals surface area contributed by atoms with Crippen LogP contribution in [0.15, 0.2) is 55.0 Å². The summed E-state index contributed by atoms with van der Waals surface area (Å²) in [4.78, 5) is 2.33. The molecule has 1 heterocycles. The van der Waals surface area contributed by atoms with E-state index in [9.17, 15) is 4.39 Å². The van der Waals surface area contributed by atoms with Gasteiger partial charge in [0.15, 0.2) is 0 Å². The molecule has 7 heteroatoms. The summed E-state index contributed by atoms with van der Waals surface area (Å²) in [6.07, 6.45) is 8.86. The number of rotatable bonds is 9. The predicted molar refractivity (Wildman–Crippen MR) is 127 cm³/mol. The third kappa shape index (κ3) is 7.69. The topological polar surface area (TPSA) is 119 Å². The first-order valence-corrected chi connectivity index (χ1v) is 11.0. The van der Waals surface area contributed by atoms with Gasteiger partial charge in [-0.3, -0.25) is 4.90 Å². The Kier molecular flexibility index (Phi) is 9.55. The van der Waals surface area contributed by atoms with Gasteiger partial charge in [0.2, 0.25) is 0 Å². The third-order valence-corrected chi connectivity index (χ3v) is 5.93. The quantitative estimate of drug-likeness (QED) is 0.303. The number of allylic oxidation sites excluding steroid dienone is 1. The molecule has 1 aliphatic carbocycles. The number of halogens is 1. The van der Waals surface area contributed by atoms with E-state index in [-0.39, 0.29) is 11.9 Å². The van der Waals surface area contributed by atoms with Gasteiger partial charge in [-0.2, -0.15) is 0 Å². The van der Waals surface area contributed by atoms with Gasteiger partial charge in [-0.05, 0) is 50.4 Å². The lowest BCUT2D eigenvalue weighted by Gasteiger charge is -2.28. The van der Waals surface area contributed by atoms with Crippen LogP contribution in [0.3, 0.4) is 0 Å². The van der Waals surface area contributed by atoms with E-state index in [0.717, 1.165) is 36.6 Å². The second-order valence-electron chi connectivity index (χ2n) is 8.58. The molecule has 1 aromatic rings. The second kappa shape index (κ2) is 11.9. The fourth-order valence-electron chi connectivity index (χ4n) is 3.90. The normalized spacial score (nSPS) is 20.2. The Morgan fingerprint density at radius 2 is 2.03 bits per heavy atom. The maximum Gasteiger partial charge on any atom is 0.129 e. The van der Waals surface area contributed by atoms with Crippen LogP contribution in [-0.2, 0) is 0 Å². The van der Waals surface area contributed by atoms with E-state index < -0.39 is 6.17 Å². The number of likely N-dealkylation sites (N-methyl/N-ethyl adjacent to an activating group) is 1. The lowest BCUT2D eigenvalue weighted by atomic mass is 9.97. The van der Waals surface area contributed by atoms with E-state index in [2.05, 4.69) is 30.4 Å². The Balaban J connectivity index is 0.000000423. The summed E-state index contributed by atoms with van der Waals surface area (Å²) in [6.45, 7) is 8.84. The molecule has 0 spiro atoms. The molecular weight excluding hydrogens is 391 g/mol. The molecule has 0 aromatic heterocycles. The van der Waals surface area contributed by atoms with Crippen molar-refractivity contribution in [1.82, 2.24) is 10.2 Å². The number of benzene rings is 1. The van der Waals surface area contributed by atoms with E-state index in [0.29, 0.717) is 23.7 Å². The van der Waals surface area contributed by atoms with Crippen molar-refractivity contribution in [3.8, 4) is 0 Å². The molecule has 1 aromatic carbocycles. The Morgan fingerprint density at radius 1 is 1.32 bits per heavy atom. The predicted octanol–water partition coefficient (Wildman–Crippen LogP) is 3.10. The standard InChI is InChI=1S/C19H29FN4.C5H10N2/c1-12(18-4-3-9-24(18)2)23-17(10-13-5-6-13)14-7-8-15(19(21)22)16(20)11-14;1-2-3-5(7)4-6/h7-8,11,13,17-19,23H,1,3-6,9-10,21-22H2,2H3;2,4H,1,3,6-7H2/b;5-4-. The van der Waals surface area contributed by atoms with Gasteiger partial charge in [0.05, 0.1) is 12.2 Å². The Labute approximate surface area is 186 Å². The molecular formula is C24H39FN6. The minimum absolute atomic E-state index is 0.0940. The molecule has 31 heavy (non-hydrogen) atoms. The number of hydrogen-bond donors (Lipinski definition) is 5. The van der Waals surface area contributed by atoms with Crippen LogP contribution in [-0.4, -0.2) is 24.5 Å². The van der Waals surface area contributed by atoms with E-state index >= 15 is 0 Å². The molecule has 2 unspecified atom stereocenters. The Bertz CT molecular complexity index is 771. The maximum absolute atomic E-state index is 14.3. The van der Waals surface area contributed by atoms with Gasteiger partial charge < -0.3 is 28.3 Å². The van der Waals surface area contributed by atoms with Crippen LogP contribution in [0.1, 0.15) is 61.9 Å². The summed E-state index contributed by atoms with van der Waals surface area (Å²) < 4.78 is 14.3. The SMILES string of the molecule is C=C(NC(CC1CC1)c1ccc(C(N)N)c(F)c1)C1CCCN1C.C=CC/C(N)=C/N. The van der Waals surface area contributed by atoms with Gasteiger partial charge in [0, 0.05) is 35.6 Å². The number of nitrogens with one attached hydrogen (secondary N) is 1.